The summed E-state index contributed by atoms with van der Waals surface area (Å²) in [5.41, 5.74) is 2.48. The van der Waals surface area contributed by atoms with Crippen molar-refractivity contribution in [3.63, 3.8) is 0 Å². The molecule has 0 aliphatic carbocycles. The Balaban J connectivity index is 1.71. The van der Waals surface area contributed by atoms with Gasteiger partial charge in [0.25, 0.3) is 0 Å². The Labute approximate surface area is 190 Å². The number of aromatic carboxylic acids is 1. The summed E-state index contributed by atoms with van der Waals surface area (Å²) >= 11 is 12.1. The number of carboxylic acids is 1. The number of rotatable bonds is 9. The third-order valence-corrected chi connectivity index (χ3v) is 5.14. The van der Waals surface area contributed by atoms with Gasteiger partial charge in [0.1, 0.15) is 12.4 Å². The molecule has 3 aromatic rings. The normalized spacial score (nSPS) is 10.5. The summed E-state index contributed by atoms with van der Waals surface area (Å²) in [4.78, 5) is 11.2. The maximum atomic E-state index is 11.2. The van der Waals surface area contributed by atoms with Gasteiger partial charge in [-0.15, -0.1) is 0 Å². The molecule has 0 saturated heterocycles. The van der Waals surface area contributed by atoms with Gasteiger partial charge in [0.05, 0.1) is 25.5 Å². The van der Waals surface area contributed by atoms with Gasteiger partial charge in [0, 0.05) is 22.2 Å². The predicted molar refractivity (Wildman–Crippen MR) is 121 cm³/mol. The Morgan fingerprint density at radius 3 is 2.35 bits per heavy atom. The monoisotopic (exact) mass is 461 g/mol. The number of nitrogens with one attached hydrogen (secondary N) is 1. The van der Waals surface area contributed by atoms with E-state index in [0.29, 0.717) is 39.5 Å². The van der Waals surface area contributed by atoms with Gasteiger partial charge in [-0.25, -0.2) is 4.79 Å². The van der Waals surface area contributed by atoms with Crippen molar-refractivity contribution in [2.75, 3.05) is 19.5 Å². The molecule has 0 aliphatic rings. The molecule has 0 unspecified atom stereocenters. The molecule has 0 aliphatic heterocycles. The minimum Gasteiger partial charge on any atom is -0.495 e. The van der Waals surface area contributed by atoms with Crippen molar-refractivity contribution in [3.8, 4) is 17.2 Å². The largest absolute Gasteiger partial charge is 0.495 e. The number of halogens is 2. The fourth-order valence-electron chi connectivity index (χ4n) is 2.91. The van der Waals surface area contributed by atoms with E-state index >= 15 is 0 Å². The van der Waals surface area contributed by atoms with E-state index in [9.17, 15) is 9.90 Å². The van der Waals surface area contributed by atoms with Crippen LogP contribution in [0.25, 0.3) is 0 Å². The van der Waals surface area contributed by atoms with Crippen LogP contribution in [0, 0.1) is 0 Å². The minimum atomic E-state index is -1.00. The van der Waals surface area contributed by atoms with E-state index < -0.39 is 5.97 Å². The van der Waals surface area contributed by atoms with E-state index in [1.165, 1.54) is 19.2 Å². The van der Waals surface area contributed by atoms with Crippen molar-refractivity contribution in [2.45, 2.75) is 13.2 Å². The molecule has 0 saturated carbocycles. The number of methoxy groups -OCH3 is 2. The first-order chi connectivity index (χ1) is 14.9. The molecule has 3 aromatic carbocycles. The van der Waals surface area contributed by atoms with Crippen molar-refractivity contribution in [3.05, 3.63) is 81.3 Å². The molecular formula is C23H21Cl2NO5. The molecule has 2 N–H and O–H groups in total. The number of carboxylic acid groups (broad SMARTS) is 1. The van der Waals surface area contributed by atoms with Crippen molar-refractivity contribution in [2.24, 2.45) is 0 Å². The summed E-state index contributed by atoms with van der Waals surface area (Å²) in [5.74, 6) is 0.685. The van der Waals surface area contributed by atoms with Crippen LogP contribution in [0.1, 0.15) is 21.5 Å². The van der Waals surface area contributed by atoms with Crippen molar-refractivity contribution < 1.29 is 24.1 Å². The first-order valence-corrected chi connectivity index (χ1v) is 10.1. The number of ether oxygens (including phenoxy) is 3. The molecule has 0 bridgehead atoms. The van der Waals surface area contributed by atoms with E-state index in [4.69, 9.17) is 37.4 Å². The average molecular weight is 462 g/mol. The molecule has 0 aromatic heterocycles. The number of hydrogen-bond donors (Lipinski definition) is 2. The lowest BCUT2D eigenvalue weighted by molar-refractivity contribution is 0.0697. The maximum absolute atomic E-state index is 11.2. The summed E-state index contributed by atoms with van der Waals surface area (Å²) in [6, 6.07) is 15.4. The highest BCUT2D eigenvalue weighted by Gasteiger charge is 2.11. The fourth-order valence-corrected chi connectivity index (χ4v) is 3.37. The maximum Gasteiger partial charge on any atom is 0.335 e. The molecule has 6 nitrogen and oxygen atoms in total. The molecule has 0 fully saturated rings. The summed E-state index contributed by atoms with van der Waals surface area (Å²) in [6.45, 7) is 0.697. The molecule has 3 rings (SSSR count). The zero-order valence-electron chi connectivity index (χ0n) is 16.9. The molecule has 0 spiro atoms. The second-order valence-electron chi connectivity index (χ2n) is 6.58. The van der Waals surface area contributed by atoms with E-state index in [2.05, 4.69) is 5.32 Å². The summed E-state index contributed by atoms with van der Waals surface area (Å²) in [6.07, 6.45) is 0. The Kier molecular flexibility index (Phi) is 7.50. The van der Waals surface area contributed by atoms with Gasteiger partial charge >= 0.3 is 5.97 Å². The van der Waals surface area contributed by atoms with Crippen molar-refractivity contribution >= 4 is 34.9 Å². The second kappa shape index (κ2) is 10.3. The van der Waals surface area contributed by atoms with Crippen LogP contribution in [-0.2, 0) is 13.2 Å². The molecular weight excluding hydrogens is 441 g/mol. The molecule has 8 heteroatoms. The number of carbonyl (C=O) groups is 1. The third-order valence-electron chi connectivity index (χ3n) is 4.56. The SMILES string of the molecule is COc1ccc(C(=O)O)cc1NCc1ccc(OCc2ccc(Cl)cc2Cl)c(OC)c1. The number of benzene rings is 3. The van der Waals surface area contributed by atoms with Crippen LogP contribution in [0.5, 0.6) is 17.2 Å². The quantitative estimate of drug-likeness (QED) is 0.412. The zero-order valence-corrected chi connectivity index (χ0v) is 18.5. The lowest BCUT2D eigenvalue weighted by Gasteiger charge is -2.15. The van der Waals surface area contributed by atoms with E-state index in [0.717, 1.165) is 11.1 Å². The second-order valence-corrected chi connectivity index (χ2v) is 7.43. The number of anilines is 1. The lowest BCUT2D eigenvalue weighted by Crippen LogP contribution is -2.05. The van der Waals surface area contributed by atoms with Crippen molar-refractivity contribution in [1.29, 1.82) is 0 Å². The van der Waals surface area contributed by atoms with Gasteiger partial charge in [-0.05, 0) is 48.0 Å². The van der Waals surface area contributed by atoms with E-state index in [-0.39, 0.29) is 12.2 Å². The molecule has 31 heavy (non-hydrogen) atoms. The van der Waals surface area contributed by atoms with E-state index in [1.54, 1.807) is 25.3 Å². The standard InChI is InChI=1S/C23H21Cl2NO5/c1-29-20-8-5-15(23(27)28)10-19(20)26-12-14-3-7-21(22(9-14)30-2)31-13-16-4-6-17(24)11-18(16)25/h3-11,26H,12-13H2,1-2H3,(H,27,28). The fraction of sp³-hybridized carbons (Fsp3) is 0.174. The first-order valence-electron chi connectivity index (χ1n) is 9.30. The zero-order chi connectivity index (χ0) is 22.4. The van der Waals surface area contributed by atoms with Gasteiger partial charge < -0.3 is 24.6 Å². The third kappa shape index (κ3) is 5.75. The summed E-state index contributed by atoms with van der Waals surface area (Å²) < 4.78 is 16.6. The van der Waals surface area contributed by atoms with Gasteiger partial charge in [0.15, 0.2) is 11.5 Å². The predicted octanol–water partition coefficient (Wildman–Crippen LogP) is 5.90. The molecule has 0 radical (unpaired) electrons. The highest BCUT2D eigenvalue weighted by molar-refractivity contribution is 6.35. The van der Waals surface area contributed by atoms with Crippen LogP contribution < -0.4 is 19.5 Å². The molecule has 0 amide bonds. The molecule has 0 atom stereocenters. The Morgan fingerprint density at radius 2 is 1.68 bits per heavy atom. The van der Waals surface area contributed by atoms with Crippen LogP contribution >= 0.6 is 23.2 Å². The van der Waals surface area contributed by atoms with Crippen LogP contribution in [0.4, 0.5) is 5.69 Å². The van der Waals surface area contributed by atoms with Gasteiger partial charge in [-0.3, -0.25) is 0 Å². The molecule has 162 valence electrons. The lowest BCUT2D eigenvalue weighted by atomic mass is 10.1. The highest BCUT2D eigenvalue weighted by atomic mass is 35.5. The van der Waals surface area contributed by atoms with Crippen molar-refractivity contribution in [1.82, 2.24) is 0 Å². The Morgan fingerprint density at radius 1 is 0.935 bits per heavy atom. The van der Waals surface area contributed by atoms with Gasteiger partial charge in [-0.1, -0.05) is 35.3 Å². The summed E-state index contributed by atoms with van der Waals surface area (Å²) in [7, 11) is 3.09. The van der Waals surface area contributed by atoms with Gasteiger partial charge in [0.2, 0.25) is 0 Å². The van der Waals surface area contributed by atoms with Crippen LogP contribution in [0.2, 0.25) is 10.0 Å². The smallest absolute Gasteiger partial charge is 0.335 e. The van der Waals surface area contributed by atoms with Crippen LogP contribution in [0.3, 0.4) is 0 Å². The number of hydrogen-bond acceptors (Lipinski definition) is 5. The van der Waals surface area contributed by atoms with Gasteiger partial charge in [-0.2, -0.15) is 0 Å². The summed E-state index contributed by atoms with van der Waals surface area (Å²) in [5, 5.41) is 13.5. The Bertz CT molecular complexity index is 1090. The highest BCUT2D eigenvalue weighted by Crippen LogP contribution is 2.31. The topological polar surface area (TPSA) is 77.0 Å². The van der Waals surface area contributed by atoms with Crippen LogP contribution in [0.15, 0.2) is 54.6 Å². The average Bonchev–Trinajstić information content (AvgIpc) is 2.77. The minimum absolute atomic E-state index is 0.172. The molecule has 0 heterocycles. The first kappa shape index (κ1) is 22.6. The van der Waals surface area contributed by atoms with Crippen LogP contribution in [-0.4, -0.2) is 25.3 Å². The van der Waals surface area contributed by atoms with E-state index in [1.807, 2.05) is 24.3 Å². The Hall–Kier alpha value is -3.09.